The molecule has 0 spiro atoms. The van der Waals surface area contributed by atoms with E-state index in [0.29, 0.717) is 15.7 Å². The van der Waals surface area contributed by atoms with Crippen LogP contribution in [0, 0.1) is 6.92 Å². The number of benzene rings is 1. The number of nitrogens with two attached hydrogens (primary N) is 1. The minimum absolute atomic E-state index is 0.0285. The molecule has 0 fully saturated rings. The van der Waals surface area contributed by atoms with Crippen molar-refractivity contribution in [3.05, 3.63) is 46.1 Å². The topological polar surface area (TPSA) is 95.2 Å². The molecule has 1 aromatic heterocycles. The predicted octanol–water partition coefficient (Wildman–Crippen LogP) is 3.17. The number of ether oxygens (including phenoxy) is 1. The number of anilines is 1. The smallest absolute Gasteiger partial charge is 0.343 e. The summed E-state index contributed by atoms with van der Waals surface area (Å²) >= 11 is 7.09. The van der Waals surface area contributed by atoms with Crippen LogP contribution in [0.25, 0.3) is 0 Å². The van der Waals surface area contributed by atoms with Crippen molar-refractivity contribution in [3.63, 3.8) is 0 Å². The molecule has 126 valence electrons. The van der Waals surface area contributed by atoms with Crippen LogP contribution in [0.15, 0.2) is 29.6 Å². The highest BCUT2D eigenvalue weighted by Crippen LogP contribution is 2.21. The van der Waals surface area contributed by atoms with E-state index < -0.39 is 5.97 Å². The minimum Gasteiger partial charge on any atom is -0.462 e. The van der Waals surface area contributed by atoms with Crippen molar-refractivity contribution in [2.45, 2.75) is 19.0 Å². The van der Waals surface area contributed by atoms with Crippen molar-refractivity contribution in [2.75, 3.05) is 18.1 Å². The molecule has 0 bridgehead atoms. The molecular formula is C16H16ClN3O3S. The number of nitrogen functional groups attached to an aromatic ring is 1. The second kappa shape index (κ2) is 8.12. The molecule has 0 unspecified atom stereocenters. The number of aromatic nitrogens is 2. The maximum absolute atomic E-state index is 12.2. The lowest BCUT2D eigenvalue weighted by Gasteiger charge is -2.06. The Hall–Kier alpha value is -2.12. The van der Waals surface area contributed by atoms with Crippen LogP contribution in [-0.2, 0) is 4.74 Å². The van der Waals surface area contributed by atoms with Crippen molar-refractivity contribution >= 4 is 40.9 Å². The van der Waals surface area contributed by atoms with Gasteiger partial charge >= 0.3 is 5.97 Å². The van der Waals surface area contributed by atoms with Gasteiger partial charge in [0.1, 0.15) is 11.4 Å². The van der Waals surface area contributed by atoms with Gasteiger partial charge in [-0.1, -0.05) is 23.4 Å². The normalized spacial score (nSPS) is 10.5. The molecule has 0 aliphatic heterocycles. The van der Waals surface area contributed by atoms with Gasteiger partial charge < -0.3 is 10.5 Å². The van der Waals surface area contributed by atoms with E-state index in [1.54, 1.807) is 25.1 Å². The lowest BCUT2D eigenvalue weighted by Crippen LogP contribution is -2.11. The molecule has 1 heterocycles. The quantitative estimate of drug-likeness (QED) is 0.363. The molecule has 0 radical (unpaired) electrons. The van der Waals surface area contributed by atoms with Gasteiger partial charge in [-0.2, -0.15) is 0 Å². The highest BCUT2D eigenvalue weighted by molar-refractivity contribution is 7.99. The highest BCUT2D eigenvalue weighted by Gasteiger charge is 2.15. The van der Waals surface area contributed by atoms with Gasteiger partial charge in [-0.05, 0) is 37.6 Å². The summed E-state index contributed by atoms with van der Waals surface area (Å²) in [6.45, 7) is 3.78. The first-order chi connectivity index (χ1) is 11.4. The van der Waals surface area contributed by atoms with Gasteiger partial charge in [-0.15, -0.1) is 0 Å². The van der Waals surface area contributed by atoms with Crippen LogP contribution >= 0.6 is 23.4 Å². The molecule has 8 heteroatoms. The van der Waals surface area contributed by atoms with E-state index in [9.17, 15) is 9.59 Å². The van der Waals surface area contributed by atoms with Crippen molar-refractivity contribution in [1.82, 2.24) is 9.97 Å². The zero-order chi connectivity index (χ0) is 17.7. The summed E-state index contributed by atoms with van der Waals surface area (Å²) in [5, 5.41) is 0.935. The summed E-state index contributed by atoms with van der Waals surface area (Å²) < 4.78 is 4.85. The zero-order valence-electron chi connectivity index (χ0n) is 13.2. The largest absolute Gasteiger partial charge is 0.462 e. The molecule has 0 saturated carbocycles. The third-order valence-electron chi connectivity index (χ3n) is 3.10. The molecule has 2 N–H and O–H groups in total. The Morgan fingerprint density at radius 2 is 2.12 bits per heavy atom. The first kappa shape index (κ1) is 18.2. The monoisotopic (exact) mass is 365 g/mol. The number of hydrogen-bond acceptors (Lipinski definition) is 7. The molecule has 0 aliphatic carbocycles. The Balaban J connectivity index is 2.03. The van der Waals surface area contributed by atoms with Crippen molar-refractivity contribution < 1.29 is 14.3 Å². The molecule has 0 atom stereocenters. The fourth-order valence-electron chi connectivity index (χ4n) is 1.85. The Kier molecular flexibility index (Phi) is 6.16. The molecule has 0 aliphatic rings. The number of esters is 1. The van der Waals surface area contributed by atoms with E-state index in [1.165, 1.54) is 6.20 Å². The second-order valence-corrected chi connectivity index (χ2v) is 6.20. The van der Waals surface area contributed by atoms with Crippen LogP contribution in [0.3, 0.4) is 0 Å². The van der Waals surface area contributed by atoms with Gasteiger partial charge in [-0.25, -0.2) is 14.8 Å². The number of ketones is 1. The number of hydrogen-bond donors (Lipinski definition) is 1. The number of carbonyl (C=O) groups excluding carboxylic acids is 2. The first-order valence-electron chi connectivity index (χ1n) is 7.14. The number of halogens is 1. The van der Waals surface area contributed by atoms with E-state index in [-0.39, 0.29) is 29.5 Å². The molecule has 2 rings (SSSR count). The van der Waals surface area contributed by atoms with E-state index in [0.717, 1.165) is 17.3 Å². The fraction of sp³-hybridized carbons (Fsp3) is 0.250. The van der Waals surface area contributed by atoms with Crippen LogP contribution < -0.4 is 5.73 Å². The third-order valence-corrected chi connectivity index (χ3v) is 4.39. The standard InChI is InChI=1S/C16H16ClN3O3S/c1-3-23-15(22)11-7-19-16(20-14(11)18)24-8-13(21)10-4-5-12(17)9(2)6-10/h4-7H,3,8H2,1-2H3,(H2,18,19,20). The molecular weight excluding hydrogens is 350 g/mol. The van der Waals surface area contributed by atoms with Gasteiger partial charge in [0.05, 0.1) is 12.4 Å². The van der Waals surface area contributed by atoms with E-state index in [1.807, 2.05) is 6.92 Å². The van der Waals surface area contributed by atoms with E-state index in [2.05, 4.69) is 9.97 Å². The zero-order valence-corrected chi connectivity index (χ0v) is 14.8. The first-order valence-corrected chi connectivity index (χ1v) is 8.50. The molecule has 0 amide bonds. The van der Waals surface area contributed by atoms with Crippen LogP contribution in [0.2, 0.25) is 5.02 Å². The minimum atomic E-state index is -0.570. The number of aryl methyl sites for hydroxylation is 1. The number of nitrogens with zero attached hydrogens (tertiary/aromatic N) is 2. The predicted molar refractivity (Wildman–Crippen MR) is 93.6 cm³/mol. The Labute approximate surface area is 148 Å². The average molecular weight is 366 g/mol. The lowest BCUT2D eigenvalue weighted by atomic mass is 10.1. The fourth-order valence-corrected chi connectivity index (χ4v) is 2.68. The number of rotatable bonds is 6. The summed E-state index contributed by atoms with van der Waals surface area (Å²) in [6, 6.07) is 5.11. The van der Waals surface area contributed by atoms with Gasteiger partial charge in [0.2, 0.25) is 0 Å². The lowest BCUT2D eigenvalue weighted by molar-refractivity contribution is 0.0526. The molecule has 24 heavy (non-hydrogen) atoms. The number of carbonyl (C=O) groups is 2. The molecule has 0 saturated heterocycles. The maximum Gasteiger partial charge on any atom is 0.343 e. The van der Waals surface area contributed by atoms with Crippen molar-refractivity contribution in [3.8, 4) is 0 Å². The highest BCUT2D eigenvalue weighted by atomic mass is 35.5. The number of thioether (sulfide) groups is 1. The molecule has 6 nitrogen and oxygen atoms in total. The summed E-state index contributed by atoms with van der Waals surface area (Å²) in [5.41, 5.74) is 7.26. The SMILES string of the molecule is CCOC(=O)c1cnc(SCC(=O)c2ccc(Cl)c(C)c2)nc1N. The second-order valence-electron chi connectivity index (χ2n) is 4.85. The van der Waals surface area contributed by atoms with Crippen molar-refractivity contribution in [2.24, 2.45) is 0 Å². The van der Waals surface area contributed by atoms with Gasteiger partial charge in [0.15, 0.2) is 10.9 Å². The van der Waals surface area contributed by atoms with Crippen LogP contribution in [-0.4, -0.2) is 34.1 Å². The van der Waals surface area contributed by atoms with Crippen LogP contribution in [0.1, 0.15) is 33.2 Å². The summed E-state index contributed by atoms with van der Waals surface area (Å²) in [7, 11) is 0. The average Bonchev–Trinajstić information content (AvgIpc) is 2.55. The third kappa shape index (κ3) is 4.46. The van der Waals surface area contributed by atoms with Crippen molar-refractivity contribution in [1.29, 1.82) is 0 Å². The Morgan fingerprint density at radius 1 is 1.38 bits per heavy atom. The van der Waals surface area contributed by atoms with Gasteiger partial charge in [0.25, 0.3) is 0 Å². The Bertz CT molecular complexity index is 783. The van der Waals surface area contributed by atoms with E-state index in [4.69, 9.17) is 22.1 Å². The molecule has 2 aromatic rings. The maximum atomic E-state index is 12.2. The summed E-state index contributed by atoms with van der Waals surface area (Å²) in [5.74, 6) is -0.462. The van der Waals surface area contributed by atoms with Crippen LogP contribution in [0.4, 0.5) is 5.82 Å². The summed E-state index contributed by atoms with van der Waals surface area (Å²) in [4.78, 5) is 31.9. The van der Waals surface area contributed by atoms with Gasteiger partial charge in [-0.3, -0.25) is 4.79 Å². The Morgan fingerprint density at radius 3 is 2.75 bits per heavy atom. The van der Waals surface area contributed by atoms with E-state index >= 15 is 0 Å². The number of Topliss-reactive ketones (excluding diaryl/α,β-unsaturated/α-hetero) is 1. The van der Waals surface area contributed by atoms with Crippen LogP contribution in [0.5, 0.6) is 0 Å². The molecule has 1 aromatic carbocycles. The van der Waals surface area contributed by atoms with Gasteiger partial charge in [0, 0.05) is 16.8 Å². The summed E-state index contributed by atoms with van der Waals surface area (Å²) in [6.07, 6.45) is 1.31.